The van der Waals surface area contributed by atoms with E-state index >= 15 is 0 Å². The van der Waals surface area contributed by atoms with Crippen LogP contribution in [0.4, 0.5) is 0 Å². The molecule has 0 aliphatic carbocycles. The van der Waals surface area contributed by atoms with Crippen molar-refractivity contribution < 1.29 is 9.22 Å². The molecular formula is C18H24O2Si. The van der Waals surface area contributed by atoms with Crippen molar-refractivity contribution in [2.24, 2.45) is 0 Å². The first-order valence-corrected chi connectivity index (χ1v) is 10.3. The minimum Gasteiger partial charge on any atom is -0.543 e. The standard InChI is InChI=1S/C18H24O2Si/c1-13(19)17-15-10-8-7-9-14(15)11-12-16(17)20-21(5,6)18(2,3)4/h7-12H,1-6H3. The number of ketones is 1. The Morgan fingerprint density at radius 1 is 1.05 bits per heavy atom. The predicted molar refractivity (Wildman–Crippen MR) is 91.8 cm³/mol. The second kappa shape index (κ2) is 5.30. The highest BCUT2D eigenvalue weighted by atomic mass is 28.4. The molecule has 0 spiro atoms. The van der Waals surface area contributed by atoms with Gasteiger partial charge in [-0.15, -0.1) is 0 Å². The number of carbonyl (C=O) groups excluding carboxylic acids is 1. The van der Waals surface area contributed by atoms with Gasteiger partial charge in [0.1, 0.15) is 5.75 Å². The molecule has 21 heavy (non-hydrogen) atoms. The second-order valence-electron chi connectivity index (χ2n) is 7.08. The van der Waals surface area contributed by atoms with Gasteiger partial charge in [0.05, 0.1) is 5.56 Å². The monoisotopic (exact) mass is 300 g/mol. The van der Waals surface area contributed by atoms with Gasteiger partial charge in [0.15, 0.2) is 5.78 Å². The molecule has 0 aliphatic heterocycles. The summed E-state index contributed by atoms with van der Waals surface area (Å²) in [6.07, 6.45) is 0. The molecule has 2 nitrogen and oxygen atoms in total. The van der Waals surface area contributed by atoms with Crippen molar-refractivity contribution in [2.75, 3.05) is 0 Å². The van der Waals surface area contributed by atoms with Gasteiger partial charge in [-0.25, -0.2) is 0 Å². The topological polar surface area (TPSA) is 26.3 Å². The average molecular weight is 300 g/mol. The van der Waals surface area contributed by atoms with Crippen LogP contribution in [0.3, 0.4) is 0 Å². The van der Waals surface area contributed by atoms with Crippen molar-refractivity contribution in [3.8, 4) is 5.75 Å². The number of fused-ring (bicyclic) bond motifs is 1. The summed E-state index contributed by atoms with van der Waals surface area (Å²) < 4.78 is 6.38. The Morgan fingerprint density at radius 2 is 1.67 bits per heavy atom. The molecule has 2 aromatic rings. The number of carbonyl (C=O) groups is 1. The molecule has 0 atom stereocenters. The summed E-state index contributed by atoms with van der Waals surface area (Å²) in [5, 5.41) is 2.15. The van der Waals surface area contributed by atoms with Crippen LogP contribution >= 0.6 is 0 Å². The zero-order chi connectivity index (χ0) is 15.8. The van der Waals surface area contributed by atoms with E-state index in [0.717, 1.165) is 16.5 Å². The summed E-state index contributed by atoms with van der Waals surface area (Å²) in [6.45, 7) is 12.6. The maximum Gasteiger partial charge on any atom is 0.250 e. The molecular weight excluding hydrogens is 276 g/mol. The summed E-state index contributed by atoms with van der Waals surface area (Å²) in [5.41, 5.74) is 0.706. The third-order valence-corrected chi connectivity index (χ3v) is 8.76. The number of rotatable bonds is 3. The van der Waals surface area contributed by atoms with Crippen molar-refractivity contribution in [2.45, 2.75) is 45.8 Å². The lowest BCUT2D eigenvalue weighted by Crippen LogP contribution is -2.44. The van der Waals surface area contributed by atoms with Crippen LogP contribution in [-0.2, 0) is 0 Å². The molecule has 0 fully saturated rings. The smallest absolute Gasteiger partial charge is 0.250 e. The second-order valence-corrected chi connectivity index (χ2v) is 11.8. The van der Waals surface area contributed by atoms with E-state index in [2.05, 4.69) is 33.9 Å². The predicted octanol–water partition coefficient (Wildman–Crippen LogP) is 5.43. The highest BCUT2D eigenvalue weighted by Crippen LogP contribution is 2.39. The highest BCUT2D eigenvalue weighted by Gasteiger charge is 2.39. The molecule has 2 aromatic carbocycles. The fourth-order valence-electron chi connectivity index (χ4n) is 2.13. The van der Waals surface area contributed by atoms with Gasteiger partial charge in [0, 0.05) is 0 Å². The zero-order valence-electron chi connectivity index (χ0n) is 13.8. The van der Waals surface area contributed by atoms with Gasteiger partial charge in [-0.05, 0) is 41.9 Å². The summed E-state index contributed by atoms with van der Waals surface area (Å²) in [7, 11) is -1.96. The number of Topliss-reactive ketones (excluding diaryl/α,β-unsaturated/α-hetero) is 1. The molecule has 0 radical (unpaired) electrons. The number of benzene rings is 2. The van der Waals surface area contributed by atoms with Crippen molar-refractivity contribution in [3.05, 3.63) is 42.0 Å². The lowest BCUT2D eigenvalue weighted by Gasteiger charge is -2.37. The lowest BCUT2D eigenvalue weighted by atomic mass is 10.0. The van der Waals surface area contributed by atoms with Gasteiger partial charge in [0.2, 0.25) is 0 Å². The van der Waals surface area contributed by atoms with E-state index in [9.17, 15) is 4.79 Å². The Labute approximate surface area is 128 Å². The lowest BCUT2D eigenvalue weighted by molar-refractivity contribution is 0.101. The van der Waals surface area contributed by atoms with Crippen LogP contribution in [0.25, 0.3) is 10.8 Å². The normalized spacial score (nSPS) is 12.5. The molecule has 0 aromatic heterocycles. The molecule has 0 N–H and O–H groups in total. The Hall–Kier alpha value is -1.61. The quantitative estimate of drug-likeness (QED) is 0.558. The minimum absolute atomic E-state index is 0.0560. The molecule has 0 unspecified atom stereocenters. The van der Waals surface area contributed by atoms with Gasteiger partial charge in [-0.2, -0.15) is 0 Å². The van der Waals surface area contributed by atoms with E-state index in [1.165, 1.54) is 0 Å². The first-order chi connectivity index (χ1) is 9.63. The van der Waals surface area contributed by atoms with Crippen molar-refractivity contribution >= 4 is 24.9 Å². The molecule has 2 rings (SSSR count). The van der Waals surface area contributed by atoms with Crippen LogP contribution in [-0.4, -0.2) is 14.1 Å². The molecule has 0 heterocycles. The minimum atomic E-state index is -1.96. The van der Waals surface area contributed by atoms with Gasteiger partial charge in [-0.1, -0.05) is 51.1 Å². The maximum absolute atomic E-state index is 12.2. The number of hydrogen-bond donors (Lipinski definition) is 0. The summed E-state index contributed by atoms with van der Waals surface area (Å²) in [4.78, 5) is 12.2. The molecule has 112 valence electrons. The van der Waals surface area contributed by atoms with Crippen LogP contribution in [0.5, 0.6) is 5.75 Å². The molecule has 0 amide bonds. The summed E-state index contributed by atoms with van der Waals surface area (Å²) >= 11 is 0. The van der Waals surface area contributed by atoms with E-state index in [4.69, 9.17) is 4.43 Å². The summed E-state index contributed by atoms with van der Waals surface area (Å²) in [5.74, 6) is 0.785. The molecule has 0 aliphatic rings. The van der Waals surface area contributed by atoms with Gasteiger partial charge >= 0.3 is 0 Å². The largest absolute Gasteiger partial charge is 0.543 e. The average Bonchev–Trinajstić information content (AvgIpc) is 2.36. The Balaban J connectivity index is 2.60. The Bertz CT molecular complexity index is 681. The summed E-state index contributed by atoms with van der Waals surface area (Å²) in [6, 6.07) is 11.9. The zero-order valence-corrected chi connectivity index (χ0v) is 14.8. The first-order valence-electron chi connectivity index (χ1n) is 7.35. The third kappa shape index (κ3) is 3.03. The van der Waals surface area contributed by atoms with Gasteiger partial charge in [0.25, 0.3) is 8.32 Å². The van der Waals surface area contributed by atoms with Gasteiger partial charge in [-0.3, -0.25) is 4.79 Å². The fourth-order valence-corrected chi connectivity index (χ4v) is 3.15. The van der Waals surface area contributed by atoms with Crippen LogP contribution in [0, 0.1) is 0 Å². The van der Waals surface area contributed by atoms with E-state index in [1.807, 2.05) is 36.4 Å². The van der Waals surface area contributed by atoms with Crippen LogP contribution in [0.15, 0.2) is 36.4 Å². The van der Waals surface area contributed by atoms with Crippen molar-refractivity contribution in [1.82, 2.24) is 0 Å². The van der Waals surface area contributed by atoms with E-state index in [-0.39, 0.29) is 10.8 Å². The van der Waals surface area contributed by atoms with Crippen LogP contribution < -0.4 is 4.43 Å². The molecule has 0 saturated carbocycles. The molecule has 0 saturated heterocycles. The molecule has 3 heteroatoms. The highest BCUT2D eigenvalue weighted by molar-refractivity contribution is 6.74. The maximum atomic E-state index is 12.2. The van der Waals surface area contributed by atoms with Gasteiger partial charge < -0.3 is 4.43 Å². The SMILES string of the molecule is CC(=O)c1c(O[Si](C)(C)C(C)(C)C)ccc2ccccc12. The Kier molecular flexibility index (Phi) is 3.98. The van der Waals surface area contributed by atoms with E-state index < -0.39 is 8.32 Å². The van der Waals surface area contributed by atoms with Crippen LogP contribution in [0.1, 0.15) is 38.1 Å². The Morgan fingerprint density at radius 3 is 2.24 bits per heavy atom. The van der Waals surface area contributed by atoms with E-state index in [0.29, 0.717) is 5.56 Å². The van der Waals surface area contributed by atoms with Crippen LogP contribution in [0.2, 0.25) is 18.1 Å². The van der Waals surface area contributed by atoms with Crippen molar-refractivity contribution in [3.63, 3.8) is 0 Å². The van der Waals surface area contributed by atoms with Crippen molar-refractivity contribution in [1.29, 1.82) is 0 Å². The first kappa shape index (κ1) is 15.8. The number of hydrogen-bond acceptors (Lipinski definition) is 2. The van der Waals surface area contributed by atoms with E-state index in [1.54, 1.807) is 6.92 Å². The molecule has 0 bridgehead atoms. The third-order valence-electron chi connectivity index (χ3n) is 4.41. The fraction of sp³-hybridized carbons (Fsp3) is 0.389.